The Morgan fingerprint density at radius 2 is 2.10 bits per heavy atom. The molecule has 0 saturated heterocycles. The van der Waals surface area contributed by atoms with Gasteiger partial charge in [-0.25, -0.2) is 4.98 Å². The minimum Gasteiger partial charge on any atom is -0.490 e. The SMILES string of the molecule is [N-]=[N+]=NCCOCCOc1cccc2nc(N)ccc12. The minimum atomic E-state index is 0.327. The highest BCUT2D eigenvalue weighted by Crippen LogP contribution is 2.24. The smallest absolute Gasteiger partial charge is 0.128 e. The fourth-order valence-electron chi connectivity index (χ4n) is 1.73. The average molecular weight is 273 g/mol. The van der Waals surface area contributed by atoms with Gasteiger partial charge in [0.25, 0.3) is 0 Å². The predicted octanol–water partition coefficient (Wildman–Crippen LogP) is 2.52. The Hall–Kier alpha value is -2.50. The van der Waals surface area contributed by atoms with Crippen molar-refractivity contribution in [1.82, 2.24) is 4.98 Å². The van der Waals surface area contributed by atoms with Gasteiger partial charge in [-0.1, -0.05) is 11.2 Å². The Kier molecular flexibility index (Phi) is 5.00. The number of azide groups is 1. The zero-order valence-corrected chi connectivity index (χ0v) is 10.9. The molecule has 0 fully saturated rings. The van der Waals surface area contributed by atoms with Crippen LogP contribution < -0.4 is 10.5 Å². The Morgan fingerprint density at radius 3 is 2.95 bits per heavy atom. The van der Waals surface area contributed by atoms with E-state index in [1.54, 1.807) is 6.07 Å². The van der Waals surface area contributed by atoms with Gasteiger partial charge >= 0.3 is 0 Å². The first-order valence-corrected chi connectivity index (χ1v) is 6.18. The van der Waals surface area contributed by atoms with Crippen LogP contribution in [0.15, 0.2) is 35.4 Å². The van der Waals surface area contributed by atoms with Gasteiger partial charge in [-0.2, -0.15) is 0 Å². The van der Waals surface area contributed by atoms with Gasteiger partial charge in [-0.15, -0.1) is 0 Å². The van der Waals surface area contributed by atoms with E-state index in [4.69, 9.17) is 20.7 Å². The van der Waals surface area contributed by atoms with E-state index in [-0.39, 0.29) is 0 Å². The molecule has 0 aliphatic heterocycles. The molecule has 0 atom stereocenters. The third-order valence-electron chi connectivity index (χ3n) is 2.60. The first-order valence-electron chi connectivity index (χ1n) is 6.18. The second-order valence-corrected chi connectivity index (χ2v) is 3.97. The summed E-state index contributed by atoms with van der Waals surface area (Å²) in [6.45, 7) is 1.56. The molecule has 0 spiro atoms. The highest BCUT2D eigenvalue weighted by atomic mass is 16.5. The summed E-state index contributed by atoms with van der Waals surface area (Å²) in [4.78, 5) is 6.87. The van der Waals surface area contributed by atoms with Crippen LogP contribution in [0.5, 0.6) is 5.75 Å². The van der Waals surface area contributed by atoms with Gasteiger partial charge < -0.3 is 15.2 Å². The van der Waals surface area contributed by atoms with Crippen LogP contribution in [0.2, 0.25) is 0 Å². The third kappa shape index (κ3) is 3.74. The van der Waals surface area contributed by atoms with Crippen molar-refractivity contribution in [3.63, 3.8) is 0 Å². The number of benzene rings is 1. The van der Waals surface area contributed by atoms with E-state index in [0.29, 0.717) is 32.2 Å². The molecule has 2 N–H and O–H groups in total. The number of ether oxygens (including phenoxy) is 2. The summed E-state index contributed by atoms with van der Waals surface area (Å²) >= 11 is 0. The number of aromatic nitrogens is 1. The van der Waals surface area contributed by atoms with E-state index >= 15 is 0 Å². The van der Waals surface area contributed by atoms with Crippen LogP contribution in [0.4, 0.5) is 5.82 Å². The molecule has 2 rings (SSSR count). The lowest BCUT2D eigenvalue weighted by Gasteiger charge is -2.09. The Labute approximate surface area is 115 Å². The van der Waals surface area contributed by atoms with Crippen LogP contribution in [-0.4, -0.2) is 31.3 Å². The van der Waals surface area contributed by atoms with Crippen molar-refractivity contribution in [1.29, 1.82) is 0 Å². The second kappa shape index (κ2) is 7.18. The molecule has 0 amide bonds. The lowest BCUT2D eigenvalue weighted by molar-refractivity contribution is 0.106. The summed E-state index contributed by atoms with van der Waals surface area (Å²) in [6, 6.07) is 9.25. The van der Waals surface area contributed by atoms with Gasteiger partial charge in [0.1, 0.15) is 18.2 Å². The number of nitrogen functional groups attached to an aromatic ring is 1. The summed E-state index contributed by atoms with van der Waals surface area (Å²) in [7, 11) is 0. The maximum Gasteiger partial charge on any atom is 0.128 e. The number of nitrogens with two attached hydrogens (primary N) is 1. The maximum absolute atomic E-state index is 8.10. The lowest BCUT2D eigenvalue weighted by Crippen LogP contribution is -2.08. The van der Waals surface area contributed by atoms with Crippen molar-refractivity contribution in [2.75, 3.05) is 32.1 Å². The van der Waals surface area contributed by atoms with Crippen LogP contribution in [0.25, 0.3) is 21.3 Å². The number of pyridine rings is 1. The van der Waals surface area contributed by atoms with Crippen molar-refractivity contribution >= 4 is 16.7 Å². The fourth-order valence-corrected chi connectivity index (χ4v) is 1.73. The molecule has 104 valence electrons. The van der Waals surface area contributed by atoms with Gasteiger partial charge in [0.2, 0.25) is 0 Å². The zero-order valence-electron chi connectivity index (χ0n) is 10.9. The zero-order chi connectivity index (χ0) is 14.2. The molecule has 20 heavy (non-hydrogen) atoms. The van der Waals surface area contributed by atoms with Gasteiger partial charge in [0.05, 0.1) is 18.7 Å². The minimum absolute atomic E-state index is 0.327. The molecule has 2 aromatic rings. The summed E-state index contributed by atoms with van der Waals surface area (Å²) in [5.74, 6) is 1.23. The van der Waals surface area contributed by atoms with E-state index in [1.165, 1.54) is 0 Å². The topological polar surface area (TPSA) is 106 Å². The molecule has 1 aromatic heterocycles. The van der Waals surface area contributed by atoms with Gasteiger partial charge in [0.15, 0.2) is 0 Å². The Bertz CT molecular complexity index is 625. The number of nitrogens with zero attached hydrogens (tertiary/aromatic N) is 4. The van der Waals surface area contributed by atoms with Gasteiger partial charge in [-0.05, 0) is 29.8 Å². The largest absolute Gasteiger partial charge is 0.490 e. The molecule has 1 heterocycles. The molecule has 0 aliphatic rings. The van der Waals surface area contributed by atoms with Crippen LogP contribution in [-0.2, 0) is 4.74 Å². The molecule has 1 aromatic carbocycles. The van der Waals surface area contributed by atoms with Crippen molar-refractivity contribution in [2.24, 2.45) is 5.11 Å². The lowest BCUT2D eigenvalue weighted by atomic mass is 10.2. The third-order valence-corrected chi connectivity index (χ3v) is 2.60. The first-order chi connectivity index (χ1) is 9.81. The van der Waals surface area contributed by atoms with Gasteiger partial charge in [-0.3, -0.25) is 0 Å². The second-order valence-electron chi connectivity index (χ2n) is 3.97. The molecule has 0 unspecified atom stereocenters. The maximum atomic E-state index is 8.10. The van der Waals surface area contributed by atoms with E-state index in [1.807, 2.05) is 24.3 Å². The van der Waals surface area contributed by atoms with E-state index < -0.39 is 0 Å². The fraction of sp³-hybridized carbons (Fsp3) is 0.308. The molecule has 7 nitrogen and oxygen atoms in total. The normalized spacial score (nSPS) is 10.2. The number of fused-ring (bicyclic) bond motifs is 1. The number of hydrogen-bond donors (Lipinski definition) is 1. The highest BCUT2D eigenvalue weighted by molar-refractivity contribution is 5.86. The summed E-state index contributed by atoms with van der Waals surface area (Å²) in [5, 5.41) is 4.28. The van der Waals surface area contributed by atoms with Crippen molar-refractivity contribution in [3.8, 4) is 5.75 Å². The molecular weight excluding hydrogens is 258 g/mol. The summed E-state index contributed by atoms with van der Waals surface area (Å²) in [6.07, 6.45) is 0. The van der Waals surface area contributed by atoms with E-state index in [2.05, 4.69) is 15.0 Å². The van der Waals surface area contributed by atoms with Crippen molar-refractivity contribution in [3.05, 3.63) is 40.8 Å². The van der Waals surface area contributed by atoms with Crippen LogP contribution in [0.1, 0.15) is 0 Å². The van der Waals surface area contributed by atoms with Crippen LogP contribution in [0, 0.1) is 0 Å². The highest BCUT2D eigenvalue weighted by Gasteiger charge is 2.03. The van der Waals surface area contributed by atoms with Crippen LogP contribution in [0.3, 0.4) is 0 Å². The first kappa shape index (κ1) is 13.9. The molecule has 0 bridgehead atoms. The summed E-state index contributed by atoms with van der Waals surface area (Å²) in [5.41, 5.74) is 14.5. The molecule has 7 heteroatoms. The molecule has 0 radical (unpaired) electrons. The van der Waals surface area contributed by atoms with Crippen LogP contribution >= 0.6 is 0 Å². The number of anilines is 1. The number of hydrogen-bond acceptors (Lipinski definition) is 5. The average Bonchev–Trinajstić information content (AvgIpc) is 2.46. The van der Waals surface area contributed by atoms with Gasteiger partial charge in [0, 0.05) is 16.8 Å². The van der Waals surface area contributed by atoms with Crippen molar-refractivity contribution in [2.45, 2.75) is 0 Å². The quantitative estimate of drug-likeness (QED) is 0.362. The van der Waals surface area contributed by atoms with Crippen molar-refractivity contribution < 1.29 is 9.47 Å². The van der Waals surface area contributed by atoms with E-state index in [9.17, 15) is 0 Å². The molecular formula is C13H15N5O2. The monoisotopic (exact) mass is 273 g/mol. The van der Waals surface area contributed by atoms with E-state index in [0.717, 1.165) is 16.7 Å². The Balaban J connectivity index is 1.88. The molecule has 0 aliphatic carbocycles. The Morgan fingerprint density at radius 1 is 1.20 bits per heavy atom. The summed E-state index contributed by atoms with van der Waals surface area (Å²) < 4.78 is 10.9. The standard InChI is InChI=1S/C13H15N5O2/c14-13-5-4-10-11(17-13)2-1-3-12(10)20-9-8-19-7-6-16-18-15/h1-5H,6-9H2,(H2,14,17). The molecule has 0 saturated carbocycles. The predicted molar refractivity (Wildman–Crippen MR) is 76.5 cm³/mol. The number of rotatable bonds is 7.